The van der Waals surface area contributed by atoms with Gasteiger partial charge in [-0.3, -0.25) is 4.79 Å². The molecule has 15 heavy (non-hydrogen) atoms. The van der Waals surface area contributed by atoms with Crippen LogP contribution < -0.4 is 5.73 Å². The summed E-state index contributed by atoms with van der Waals surface area (Å²) in [5, 5.41) is 0. The minimum atomic E-state index is -0.227. The Hall–Kier alpha value is -0.570. The third kappa shape index (κ3) is 2.17. The Balaban J connectivity index is 2.02. The van der Waals surface area contributed by atoms with E-state index in [4.69, 9.17) is 5.73 Å². The first-order valence-electron chi connectivity index (χ1n) is 6.06. The molecule has 1 aliphatic carbocycles. The Morgan fingerprint density at radius 1 is 1.40 bits per heavy atom. The van der Waals surface area contributed by atoms with Gasteiger partial charge in [-0.15, -0.1) is 0 Å². The smallest absolute Gasteiger partial charge is 0.239 e. The van der Waals surface area contributed by atoms with Crippen LogP contribution in [0.2, 0.25) is 0 Å². The summed E-state index contributed by atoms with van der Waals surface area (Å²) in [4.78, 5) is 13.8. The maximum atomic E-state index is 11.8. The number of hydrogen-bond acceptors (Lipinski definition) is 2. The van der Waals surface area contributed by atoms with Crippen LogP contribution in [0.4, 0.5) is 0 Å². The zero-order valence-electron chi connectivity index (χ0n) is 9.83. The van der Waals surface area contributed by atoms with Gasteiger partial charge in [-0.1, -0.05) is 20.3 Å². The second-order valence-electron chi connectivity index (χ2n) is 5.84. The van der Waals surface area contributed by atoms with Crippen molar-refractivity contribution >= 4 is 5.91 Å². The molecular weight excluding hydrogens is 188 g/mol. The molecule has 3 nitrogen and oxygen atoms in total. The molecule has 0 aromatic carbocycles. The normalized spacial score (nSPS) is 35.9. The first-order valence-corrected chi connectivity index (χ1v) is 6.06. The molecule has 1 saturated carbocycles. The number of nitrogens with zero attached hydrogens (tertiary/aromatic N) is 1. The standard InChI is InChI=1S/C12H22N2O/c1-12(2)6-3-4-9(8-12)14-7-5-10(13)11(14)15/h9-10H,3-8,13H2,1-2H3. The van der Waals surface area contributed by atoms with Crippen molar-refractivity contribution in [2.24, 2.45) is 11.1 Å². The van der Waals surface area contributed by atoms with E-state index < -0.39 is 0 Å². The molecule has 0 radical (unpaired) electrons. The van der Waals surface area contributed by atoms with Crippen LogP contribution in [0.1, 0.15) is 46.0 Å². The molecule has 2 aliphatic rings. The van der Waals surface area contributed by atoms with Gasteiger partial charge in [0.15, 0.2) is 0 Å². The van der Waals surface area contributed by atoms with Crippen LogP contribution in [-0.2, 0) is 4.79 Å². The van der Waals surface area contributed by atoms with Crippen LogP contribution >= 0.6 is 0 Å². The summed E-state index contributed by atoms with van der Waals surface area (Å²) in [5.41, 5.74) is 6.15. The Kier molecular flexibility index (Phi) is 2.75. The van der Waals surface area contributed by atoms with Crippen molar-refractivity contribution in [3.63, 3.8) is 0 Å². The van der Waals surface area contributed by atoms with E-state index in [2.05, 4.69) is 13.8 Å². The topological polar surface area (TPSA) is 46.3 Å². The van der Waals surface area contributed by atoms with E-state index in [0.717, 1.165) is 19.4 Å². The van der Waals surface area contributed by atoms with E-state index in [-0.39, 0.29) is 11.9 Å². The average molecular weight is 210 g/mol. The number of rotatable bonds is 1. The number of hydrogen-bond donors (Lipinski definition) is 1. The Labute approximate surface area is 92.0 Å². The number of carbonyl (C=O) groups excluding carboxylic acids is 1. The fraction of sp³-hybridized carbons (Fsp3) is 0.917. The lowest BCUT2D eigenvalue weighted by Gasteiger charge is -2.39. The van der Waals surface area contributed by atoms with E-state index in [1.807, 2.05) is 4.90 Å². The molecule has 0 bridgehead atoms. The lowest BCUT2D eigenvalue weighted by molar-refractivity contribution is -0.131. The summed E-state index contributed by atoms with van der Waals surface area (Å²) < 4.78 is 0. The monoisotopic (exact) mass is 210 g/mol. The Morgan fingerprint density at radius 2 is 2.13 bits per heavy atom. The van der Waals surface area contributed by atoms with Crippen molar-refractivity contribution in [3.05, 3.63) is 0 Å². The molecule has 2 fully saturated rings. The lowest BCUT2D eigenvalue weighted by atomic mass is 9.75. The summed E-state index contributed by atoms with van der Waals surface area (Å²) in [6, 6.07) is 0.227. The van der Waals surface area contributed by atoms with Crippen LogP contribution in [0, 0.1) is 5.41 Å². The minimum Gasteiger partial charge on any atom is -0.338 e. The summed E-state index contributed by atoms with van der Waals surface area (Å²) in [6.07, 6.45) is 5.69. The van der Waals surface area contributed by atoms with Crippen molar-refractivity contribution in [2.45, 2.75) is 58.0 Å². The summed E-state index contributed by atoms with van der Waals surface area (Å²) in [7, 11) is 0. The second-order valence-corrected chi connectivity index (χ2v) is 5.84. The molecule has 2 N–H and O–H groups in total. The van der Waals surface area contributed by atoms with E-state index in [9.17, 15) is 4.79 Å². The van der Waals surface area contributed by atoms with Gasteiger partial charge in [0.05, 0.1) is 6.04 Å². The molecule has 1 heterocycles. The highest BCUT2D eigenvalue weighted by Gasteiger charge is 2.38. The molecule has 0 aromatic heterocycles. The first kappa shape index (κ1) is 10.9. The minimum absolute atomic E-state index is 0.178. The zero-order chi connectivity index (χ0) is 11.1. The van der Waals surface area contributed by atoms with E-state index in [1.165, 1.54) is 19.3 Å². The largest absolute Gasteiger partial charge is 0.338 e. The molecule has 0 spiro atoms. The van der Waals surface area contributed by atoms with E-state index >= 15 is 0 Å². The number of nitrogens with two attached hydrogens (primary N) is 1. The van der Waals surface area contributed by atoms with Crippen LogP contribution in [0.3, 0.4) is 0 Å². The average Bonchev–Trinajstić information content (AvgIpc) is 2.46. The number of amides is 1. The molecule has 2 unspecified atom stereocenters. The lowest BCUT2D eigenvalue weighted by Crippen LogP contribution is -2.44. The maximum Gasteiger partial charge on any atom is 0.239 e. The fourth-order valence-electron chi connectivity index (χ4n) is 3.01. The Bertz CT molecular complexity index is 262. The predicted molar refractivity (Wildman–Crippen MR) is 60.3 cm³/mol. The number of carbonyl (C=O) groups is 1. The van der Waals surface area contributed by atoms with E-state index in [0.29, 0.717) is 11.5 Å². The third-order valence-electron chi connectivity index (χ3n) is 3.90. The molecular formula is C12H22N2O. The summed E-state index contributed by atoms with van der Waals surface area (Å²) in [5.74, 6) is 0.178. The fourth-order valence-corrected chi connectivity index (χ4v) is 3.01. The van der Waals surface area contributed by atoms with Crippen molar-refractivity contribution in [3.8, 4) is 0 Å². The van der Waals surface area contributed by atoms with Crippen LogP contribution in [0.15, 0.2) is 0 Å². The van der Waals surface area contributed by atoms with Gasteiger partial charge >= 0.3 is 0 Å². The van der Waals surface area contributed by atoms with Crippen molar-refractivity contribution in [1.82, 2.24) is 4.90 Å². The molecule has 3 heteroatoms. The van der Waals surface area contributed by atoms with Crippen LogP contribution in [-0.4, -0.2) is 29.4 Å². The molecule has 86 valence electrons. The van der Waals surface area contributed by atoms with E-state index in [1.54, 1.807) is 0 Å². The van der Waals surface area contributed by atoms with Gasteiger partial charge in [-0.25, -0.2) is 0 Å². The highest BCUT2D eigenvalue weighted by molar-refractivity contribution is 5.84. The van der Waals surface area contributed by atoms with Gasteiger partial charge in [0.25, 0.3) is 0 Å². The van der Waals surface area contributed by atoms with Gasteiger partial charge < -0.3 is 10.6 Å². The molecule has 1 aliphatic heterocycles. The van der Waals surface area contributed by atoms with Crippen LogP contribution in [0.25, 0.3) is 0 Å². The Morgan fingerprint density at radius 3 is 2.67 bits per heavy atom. The van der Waals surface area contributed by atoms with Gasteiger partial charge in [-0.05, 0) is 31.1 Å². The van der Waals surface area contributed by atoms with Gasteiger partial charge in [0.1, 0.15) is 0 Å². The van der Waals surface area contributed by atoms with Gasteiger partial charge in [-0.2, -0.15) is 0 Å². The number of likely N-dealkylation sites (tertiary alicyclic amines) is 1. The molecule has 2 rings (SSSR count). The van der Waals surface area contributed by atoms with Crippen LogP contribution in [0.5, 0.6) is 0 Å². The molecule has 0 aromatic rings. The zero-order valence-corrected chi connectivity index (χ0v) is 9.83. The van der Waals surface area contributed by atoms with Crippen molar-refractivity contribution in [1.29, 1.82) is 0 Å². The SMILES string of the molecule is CC1(C)CCCC(N2CCC(N)C2=O)C1. The summed E-state index contributed by atoms with van der Waals surface area (Å²) in [6.45, 7) is 5.49. The summed E-state index contributed by atoms with van der Waals surface area (Å²) >= 11 is 0. The van der Waals surface area contributed by atoms with Crippen molar-refractivity contribution < 1.29 is 4.79 Å². The van der Waals surface area contributed by atoms with Gasteiger partial charge in [0.2, 0.25) is 5.91 Å². The third-order valence-corrected chi connectivity index (χ3v) is 3.90. The second kappa shape index (κ2) is 3.78. The van der Waals surface area contributed by atoms with Gasteiger partial charge in [0, 0.05) is 12.6 Å². The highest BCUT2D eigenvalue weighted by Crippen LogP contribution is 2.38. The predicted octanol–water partition coefficient (Wildman–Crippen LogP) is 1.51. The quantitative estimate of drug-likeness (QED) is 0.713. The highest BCUT2D eigenvalue weighted by atomic mass is 16.2. The molecule has 1 amide bonds. The molecule has 1 saturated heterocycles. The maximum absolute atomic E-state index is 11.8. The molecule has 2 atom stereocenters. The first-order chi connectivity index (χ1) is 6.99. The van der Waals surface area contributed by atoms with Crippen molar-refractivity contribution in [2.75, 3.05) is 6.54 Å².